The van der Waals surface area contributed by atoms with Gasteiger partial charge in [-0.2, -0.15) is 8.42 Å². The molecule has 0 amide bonds. The summed E-state index contributed by atoms with van der Waals surface area (Å²) in [4.78, 5) is 0. The molecule has 0 saturated carbocycles. The van der Waals surface area contributed by atoms with Gasteiger partial charge in [0.1, 0.15) is 5.75 Å². The van der Waals surface area contributed by atoms with E-state index in [1.54, 1.807) is 30.3 Å². The average molecular weight is 450 g/mol. The fourth-order valence-electron chi connectivity index (χ4n) is 2.37. The van der Waals surface area contributed by atoms with Crippen molar-refractivity contribution in [3.8, 4) is 5.75 Å². The monoisotopic (exact) mass is 449 g/mol. The van der Waals surface area contributed by atoms with E-state index in [0.29, 0.717) is 0 Å². The van der Waals surface area contributed by atoms with Gasteiger partial charge in [0.2, 0.25) is 0 Å². The van der Waals surface area contributed by atoms with Crippen molar-refractivity contribution in [2.45, 2.75) is 71.1 Å². The molecule has 1 aromatic carbocycles. The first-order chi connectivity index (χ1) is 11.1. The van der Waals surface area contributed by atoms with E-state index >= 15 is 0 Å². The summed E-state index contributed by atoms with van der Waals surface area (Å²) in [7, 11) is -3.94. The second-order valence-electron chi connectivity index (χ2n) is 5.81. The smallest absolute Gasteiger partial charge is 0.362 e. The largest absolute Gasteiger partial charge is 0.449 e. The number of unbranched alkanes of at least 4 members (excludes halogenated alkanes) is 9. The van der Waals surface area contributed by atoms with Crippen molar-refractivity contribution < 1.29 is 39.2 Å². The summed E-state index contributed by atoms with van der Waals surface area (Å²) in [5.41, 5.74) is 0. The summed E-state index contributed by atoms with van der Waals surface area (Å²) in [5, 5.41) is 0. The van der Waals surface area contributed by atoms with Crippen LogP contribution in [0.4, 0.5) is 0 Å². The minimum Gasteiger partial charge on any atom is -0.362 e. The van der Waals surface area contributed by atoms with Gasteiger partial charge in [-0.3, -0.25) is 0 Å². The standard InChI is InChI=1S/C18H30O4S.Ag/c1-2-3-4-5-6-7-8-9-10-14-17-21-23(19,20)22-18-15-12-11-13-16-18;/h11-13,15-16H,2-10,14,17H2,1H3;. The third-order valence-corrected chi connectivity index (χ3v) is 4.52. The SMILES string of the molecule is CCCCCCCCCCCCOS(=O)(=O)Oc1ccccc1.[Ag]. The Kier molecular flexibility index (Phi) is 14.8. The molecule has 1 radical (unpaired) electrons. The summed E-state index contributed by atoms with van der Waals surface area (Å²) in [6.45, 7) is 2.42. The Balaban J connectivity index is 0.00000529. The van der Waals surface area contributed by atoms with Crippen LogP contribution >= 0.6 is 0 Å². The molecule has 0 atom stereocenters. The van der Waals surface area contributed by atoms with Crippen LogP contribution in [-0.2, 0) is 37.0 Å². The zero-order valence-corrected chi connectivity index (χ0v) is 16.8. The molecule has 0 fully saturated rings. The van der Waals surface area contributed by atoms with Gasteiger partial charge in [-0.05, 0) is 18.6 Å². The predicted octanol–water partition coefficient (Wildman–Crippen LogP) is 5.25. The molecule has 0 aliphatic rings. The van der Waals surface area contributed by atoms with E-state index in [4.69, 9.17) is 8.37 Å². The molecule has 1 aromatic rings. The van der Waals surface area contributed by atoms with Gasteiger partial charge in [0.25, 0.3) is 0 Å². The van der Waals surface area contributed by atoms with Crippen LogP contribution in [0.5, 0.6) is 5.75 Å². The Hall–Kier alpha value is -0.330. The van der Waals surface area contributed by atoms with Gasteiger partial charge in [0.05, 0.1) is 6.61 Å². The molecule has 0 spiro atoms. The van der Waals surface area contributed by atoms with Gasteiger partial charge >= 0.3 is 10.4 Å². The van der Waals surface area contributed by atoms with Crippen LogP contribution in [0, 0.1) is 0 Å². The van der Waals surface area contributed by atoms with E-state index in [1.807, 2.05) is 0 Å². The Bertz CT molecular complexity index is 491. The van der Waals surface area contributed by atoms with E-state index in [9.17, 15) is 8.42 Å². The van der Waals surface area contributed by atoms with E-state index in [0.717, 1.165) is 19.3 Å². The van der Waals surface area contributed by atoms with Gasteiger partial charge in [-0.1, -0.05) is 82.9 Å². The molecule has 0 heterocycles. The first-order valence-electron chi connectivity index (χ1n) is 8.78. The molecule has 0 aromatic heterocycles. The molecule has 0 N–H and O–H groups in total. The Labute approximate surface area is 163 Å². The maximum Gasteiger partial charge on any atom is 0.449 e. The second kappa shape index (κ2) is 15.0. The molecule has 24 heavy (non-hydrogen) atoms. The first kappa shape index (κ1) is 23.7. The minimum atomic E-state index is -3.94. The molecule has 1 rings (SSSR count). The van der Waals surface area contributed by atoms with Crippen LogP contribution in [0.1, 0.15) is 71.1 Å². The van der Waals surface area contributed by atoms with Crippen molar-refractivity contribution in [1.29, 1.82) is 0 Å². The van der Waals surface area contributed by atoms with Crippen LogP contribution in [0.2, 0.25) is 0 Å². The maximum atomic E-state index is 11.6. The molecule has 0 bridgehead atoms. The molecular weight excluding hydrogens is 420 g/mol. The van der Waals surface area contributed by atoms with Gasteiger partial charge in [0.15, 0.2) is 0 Å². The number of hydrogen-bond acceptors (Lipinski definition) is 4. The zero-order chi connectivity index (χ0) is 16.8. The average Bonchev–Trinajstić information content (AvgIpc) is 2.53. The fourth-order valence-corrected chi connectivity index (χ4v) is 3.09. The Morgan fingerprint density at radius 3 is 1.83 bits per heavy atom. The Morgan fingerprint density at radius 2 is 1.29 bits per heavy atom. The van der Waals surface area contributed by atoms with Crippen LogP contribution < -0.4 is 4.18 Å². The second-order valence-corrected chi connectivity index (χ2v) is 7.03. The molecule has 0 aliphatic carbocycles. The summed E-state index contributed by atoms with van der Waals surface area (Å²) in [5.74, 6) is 0.274. The summed E-state index contributed by atoms with van der Waals surface area (Å²) in [6, 6.07) is 8.40. The number of rotatable bonds is 14. The normalized spacial score (nSPS) is 11.0. The van der Waals surface area contributed by atoms with E-state index in [1.165, 1.54) is 44.9 Å². The van der Waals surface area contributed by atoms with Gasteiger partial charge in [-0.15, -0.1) is 0 Å². The van der Waals surface area contributed by atoms with E-state index in [2.05, 4.69) is 6.92 Å². The minimum absolute atomic E-state index is 0. The number of benzene rings is 1. The van der Waals surface area contributed by atoms with E-state index in [-0.39, 0.29) is 34.7 Å². The third-order valence-electron chi connectivity index (χ3n) is 3.67. The van der Waals surface area contributed by atoms with Gasteiger partial charge in [0, 0.05) is 22.4 Å². The predicted molar refractivity (Wildman–Crippen MR) is 93.8 cm³/mol. The third kappa shape index (κ3) is 13.0. The number of para-hydroxylation sites is 1. The quantitative estimate of drug-likeness (QED) is 0.287. The molecule has 0 saturated heterocycles. The summed E-state index contributed by atoms with van der Waals surface area (Å²) in [6.07, 6.45) is 12.0. The van der Waals surface area contributed by atoms with Crippen molar-refractivity contribution in [2.75, 3.05) is 6.61 Å². The zero-order valence-electron chi connectivity index (χ0n) is 14.5. The molecule has 0 unspecified atom stereocenters. The van der Waals surface area contributed by atoms with Crippen molar-refractivity contribution in [2.24, 2.45) is 0 Å². The van der Waals surface area contributed by atoms with Crippen molar-refractivity contribution >= 4 is 10.4 Å². The van der Waals surface area contributed by atoms with Gasteiger partial charge in [-0.25, -0.2) is 4.18 Å². The molecule has 6 heteroatoms. The fraction of sp³-hybridized carbons (Fsp3) is 0.667. The van der Waals surface area contributed by atoms with Crippen LogP contribution in [-0.4, -0.2) is 15.0 Å². The molecule has 4 nitrogen and oxygen atoms in total. The van der Waals surface area contributed by atoms with Crippen molar-refractivity contribution in [1.82, 2.24) is 0 Å². The summed E-state index contributed by atoms with van der Waals surface area (Å²) < 4.78 is 32.9. The van der Waals surface area contributed by atoms with E-state index < -0.39 is 10.4 Å². The number of hydrogen-bond donors (Lipinski definition) is 0. The maximum absolute atomic E-state index is 11.6. The van der Waals surface area contributed by atoms with Crippen molar-refractivity contribution in [3.05, 3.63) is 30.3 Å². The van der Waals surface area contributed by atoms with Crippen LogP contribution in [0.25, 0.3) is 0 Å². The first-order valence-corrected chi connectivity index (χ1v) is 10.1. The summed E-state index contributed by atoms with van der Waals surface area (Å²) >= 11 is 0. The van der Waals surface area contributed by atoms with Gasteiger partial charge < -0.3 is 4.18 Å². The Morgan fingerprint density at radius 1 is 0.792 bits per heavy atom. The molecular formula is C18H30AgO4S. The molecule has 143 valence electrons. The van der Waals surface area contributed by atoms with Crippen molar-refractivity contribution in [3.63, 3.8) is 0 Å². The topological polar surface area (TPSA) is 52.6 Å². The van der Waals surface area contributed by atoms with Crippen LogP contribution in [0.3, 0.4) is 0 Å². The molecule has 0 aliphatic heterocycles. The van der Waals surface area contributed by atoms with Crippen LogP contribution in [0.15, 0.2) is 30.3 Å².